The minimum Gasteiger partial charge on any atom is -0.456 e. The fraction of sp³-hybridized carbons (Fsp3) is 0.378. The largest absolute Gasteiger partial charge is 0.456 e. The van der Waals surface area contributed by atoms with E-state index in [9.17, 15) is 18.8 Å². The van der Waals surface area contributed by atoms with Crippen LogP contribution in [0.15, 0.2) is 107 Å². The van der Waals surface area contributed by atoms with Gasteiger partial charge in [-0.15, -0.1) is 0 Å². The number of H-pyrrole nitrogens is 1. The molecule has 0 spiro atoms. The van der Waals surface area contributed by atoms with Gasteiger partial charge in [0.15, 0.2) is 26.8 Å². The number of ether oxygens (including phenoxy) is 3. The third-order valence-electron chi connectivity index (χ3n) is 9.33. The number of carbonyl (C=O) groups is 1. The molecule has 0 radical (unpaired) electrons. The highest BCUT2D eigenvalue weighted by molar-refractivity contribution is 6.74. The van der Waals surface area contributed by atoms with Crippen molar-refractivity contribution >= 4 is 14.3 Å². The zero-order valence-electron chi connectivity index (χ0n) is 28.4. The van der Waals surface area contributed by atoms with E-state index < -0.39 is 72.7 Å². The monoisotopic (exact) mass is 692 g/mol. The number of hydrogen-bond acceptors (Lipinski definition) is 7. The number of halogens is 2. The summed E-state index contributed by atoms with van der Waals surface area (Å²) in [6, 6.07) is 28.4. The maximum absolute atomic E-state index is 17.1. The summed E-state index contributed by atoms with van der Waals surface area (Å²) < 4.78 is 58.0. The zero-order valence-corrected chi connectivity index (χ0v) is 29.4. The maximum Gasteiger partial charge on any atom is 0.330 e. The standard InChI is InChI=1S/C37H42F2N2O7Si/c1-24(42)46-31-29(23-45-37(25-16-10-7-11-17-25,26-18-12-8-13-19-26)27-20-14-9-15-21-27)47-34(41-22-28(38)33(43)40-35(41)44)32(30(31)39)48-49(5,6)36(2,3)4/h7-22,29-32,34H,23H2,1-6H3,(H,40,43,44)/t29-,30+,31-,32-,34-/m1/s1. The van der Waals surface area contributed by atoms with E-state index in [-0.39, 0.29) is 6.61 Å². The Morgan fingerprint density at radius 3 is 1.82 bits per heavy atom. The lowest BCUT2D eigenvalue weighted by Gasteiger charge is -2.48. The number of hydrogen-bond donors (Lipinski definition) is 1. The molecular weight excluding hydrogens is 650 g/mol. The fourth-order valence-electron chi connectivity index (χ4n) is 5.84. The molecule has 0 aliphatic carbocycles. The van der Waals surface area contributed by atoms with Crippen LogP contribution in [0.25, 0.3) is 0 Å². The summed E-state index contributed by atoms with van der Waals surface area (Å²) >= 11 is 0. The number of aromatic amines is 1. The summed E-state index contributed by atoms with van der Waals surface area (Å²) in [5, 5.41) is -0.407. The molecule has 5 atom stereocenters. The van der Waals surface area contributed by atoms with Crippen LogP contribution in [0.1, 0.15) is 50.6 Å². The molecular formula is C37H42F2N2O7Si. The molecule has 1 aliphatic rings. The molecule has 1 N–H and O–H groups in total. The first-order valence-corrected chi connectivity index (χ1v) is 19.0. The van der Waals surface area contributed by atoms with Crippen molar-refractivity contribution in [3.8, 4) is 0 Å². The van der Waals surface area contributed by atoms with Crippen LogP contribution >= 0.6 is 0 Å². The van der Waals surface area contributed by atoms with Crippen molar-refractivity contribution in [3.63, 3.8) is 0 Å². The molecule has 0 saturated carbocycles. The molecule has 2 heterocycles. The Hall–Kier alpha value is -4.23. The van der Waals surface area contributed by atoms with Gasteiger partial charge in [-0.1, -0.05) is 112 Å². The second kappa shape index (κ2) is 14.3. The average Bonchev–Trinajstić information content (AvgIpc) is 3.06. The van der Waals surface area contributed by atoms with Gasteiger partial charge in [0.1, 0.15) is 17.8 Å². The molecule has 12 heteroatoms. The first kappa shape index (κ1) is 36.1. The third kappa shape index (κ3) is 7.37. The smallest absolute Gasteiger partial charge is 0.330 e. The molecule has 1 saturated heterocycles. The van der Waals surface area contributed by atoms with Crippen LogP contribution in [0.2, 0.25) is 18.1 Å². The number of benzene rings is 3. The van der Waals surface area contributed by atoms with E-state index in [0.29, 0.717) is 6.20 Å². The number of alkyl halides is 1. The molecule has 1 fully saturated rings. The van der Waals surface area contributed by atoms with Gasteiger partial charge < -0.3 is 18.6 Å². The first-order chi connectivity index (χ1) is 23.2. The Kier molecular flexibility index (Phi) is 10.5. The van der Waals surface area contributed by atoms with Gasteiger partial charge >= 0.3 is 11.7 Å². The first-order valence-electron chi connectivity index (χ1n) is 16.1. The predicted octanol–water partition coefficient (Wildman–Crippen LogP) is 6.24. The predicted molar refractivity (Wildman–Crippen MR) is 183 cm³/mol. The van der Waals surface area contributed by atoms with Crippen LogP contribution < -0.4 is 11.2 Å². The Labute approximate surface area is 284 Å². The number of nitrogens with zero attached hydrogens (tertiary/aromatic N) is 1. The Morgan fingerprint density at radius 1 is 0.878 bits per heavy atom. The summed E-state index contributed by atoms with van der Waals surface area (Å²) in [7, 11) is -2.80. The highest BCUT2D eigenvalue weighted by Gasteiger charge is 2.54. The second-order valence-electron chi connectivity index (χ2n) is 13.7. The third-order valence-corrected chi connectivity index (χ3v) is 13.8. The molecule has 5 rings (SSSR count). The maximum atomic E-state index is 17.1. The topological polar surface area (TPSA) is 109 Å². The lowest BCUT2D eigenvalue weighted by Crippen LogP contribution is -2.61. The molecule has 9 nitrogen and oxygen atoms in total. The Morgan fingerprint density at radius 2 is 1.37 bits per heavy atom. The molecule has 1 aromatic heterocycles. The van der Waals surface area contributed by atoms with Crippen molar-refractivity contribution in [1.82, 2.24) is 9.55 Å². The van der Waals surface area contributed by atoms with E-state index in [0.717, 1.165) is 28.2 Å². The summed E-state index contributed by atoms with van der Waals surface area (Å²) in [6.45, 7) is 10.4. The normalized spacial score (nSPS) is 21.7. The zero-order chi connectivity index (χ0) is 35.6. The number of nitrogens with one attached hydrogen (secondary N) is 1. The van der Waals surface area contributed by atoms with Crippen LogP contribution in [0.3, 0.4) is 0 Å². The average molecular weight is 693 g/mol. The van der Waals surface area contributed by atoms with Crippen molar-refractivity contribution < 1.29 is 32.2 Å². The van der Waals surface area contributed by atoms with E-state index in [1.165, 1.54) is 0 Å². The van der Waals surface area contributed by atoms with E-state index in [2.05, 4.69) is 0 Å². The molecule has 3 aromatic carbocycles. The van der Waals surface area contributed by atoms with E-state index in [1.54, 1.807) is 0 Å². The van der Waals surface area contributed by atoms with Crippen molar-refractivity contribution in [1.29, 1.82) is 0 Å². The van der Waals surface area contributed by atoms with E-state index in [4.69, 9.17) is 18.6 Å². The highest BCUT2D eigenvalue weighted by Crippen LogP contribution is 2.44. The van der Waals surface area contributed by atoms with Crippen molar-refractivity contribution in [2.24, 2.45) is 0 Å². The van der Waals surface area contributed by atoms with Gasteiger partial charge in [0.25, 0.3) is 5.56 Å². The quantitative estimate of drug-likeness (QED) is 0.119. The van der Waals surface area contributed by atoms with Gasteiger partial charge in [-0.25, -0.2) is 9.18 Å². The lowest BCUT2D eigenvalue weighted by atomic mass is 9.80. The van der Waals surface area contributed by atoms with Crippen molar-refractivity contribution in [2.45, 2.75) is 82.1 Å². The SMILES string of the molecule is CC(=O)O[C@H]1[C@H](F)[C@@H](O[Si](C)(C)C(C)(C)C)[C@H](n2cc(F)c(=O)[nH]c2=O)O[C@@H]1COC(c1ccccc1)(c1ccccc1)c1ccccc1. The Balaban J connectivity index is 1.65. The van der Waals surface area contributed by atoms with Gasteiger partial charge in [0.2, 0.25) is 5.82 Å². The highest BCUT2D eigenvalue weighted by atomic mass is 28.4. The molecule has 49 heavy (non-hydrogen) atoms. The van der Waals surface area contributed by atoms with Gasteiger partial charge in [0.05, 0.1) is 12.8 Å². The molecule has 0 amide bonds. The Bertz CT molecular complexity index is 1750. The van der Waals surface area contributed by atoms with Crippen LogP contribution in [0, 0.1) is 5.82 Å². The van der Waals surface area contributed by atoms with Crippen molar-refractivity contribution in [2.75, 3.05) is 6.61 Å². The lowest BCUT2D eigenvalue weighted by molar-refractivity contribution is -0.248. The molecule has 1 aliphatic heterocycles. The van der Waals surface area contributed by atoms with Crippen LogP contribution in [0.5, 0.6) is 0 Å². The molecule has 4 aromatic rings. The number of rotatable bonds is 10. The van der Waals surface area contributed by atoms with Gasteiger partial charge in [-0.3, -0.25) is 19.1 Å². The molecule has 0 bridgehead atoms. The van der Waals surface area contributed by atoms with Crippen LogP contribution in [0.4, 0.5) is 8.78 Å². The van der Waals surface area contributed by atoms with Gasteiger partial charge in [0, 0.05) is 6.92 Å². The number of carbonyl (C=O) groups excluding carboxylic acids is 1. The number of aromatic nitrogens is 2. The minimum atomic E-state index is -2.80. The second-order valence-corrected chi connectivity index (χ2v) is 18.4. The number of esters is 1. The van der Waals surface area contributed by atoms with Crippen molar-refractivity contribution in [3.05, 3.63) is 141 Å². The summed E-state index contributed by atoms with van der Waals surface area (Å²) in [6.07, 6.45) is -7.32. The summed E-state index contributed by atoms with van der Waals surface area (Å²) in [4.78, 5) is 39.5. The van der Waals surface area contributed by atoms with E-state index >= 15 is 4.39 Å². The van der Waals surface area contributed by atoms with E-state index in [1.807, 2.05) is 130 Å². The summed E-state index contributed by atoms with van der Waals surface area (Å²) in [5.74, 6) is -2.03. The molecule has 0 unspecified atom stereocenters. The minimum absolute atomic E-state index is 0.346. The van der Waals surface area contributed by atoms with Crippen LogP contribution in [-0.4, -0.2) is 54.9 Å². The fourth-order valence-corrected chi connectivity index (χ4v) is 7.12. The summed E-state index contributed by atoms with van der Waals surface area (Å²) in [5.41, 5.74) is -1.21. The van der Waals surface area contributed by atoms with Gasteiger partial charge in [-0.2, -0.15) is 4.39 Å². The van der Waals surface area contributed by atoms with Gasteiger partial charge in [-0.05, 0) is 34.8 Å². The molecule has 260 valence electrons. The van der Waals surface area contributed by atoms with Crippen LogP contribution in [-0.2, 0) is 29.0 Å².